The third kappa shape index (κ3) is 6.12. The first-order valence-corrected chi connectivity index (χ1v) is 14.3. The maximum atomic E-state index is 13.6. The molecular weight excluding hydrogens is 480 g/mol. The Labute approximate surface area is 212 Å². The molecule has 3 aromatic rings. The van der Waals surface area contributed by atoms with Gasteiger partial charge in [0.2, 0.25) is 10.0 Å². The summed E-state index contributed by atoms with van der Waals surface area (Å²) >= 11 is 1.68. The highest BCUT2D eigenvalue weighted by atomic mass is 32.2. The zero-order valence-corrected chi connectivity index (χ0v) is 21.9. The van der Waals surface area contributed by atoms with Crippen LogP contribution in [0.2, 0.25) is 0 Å². The van der Waals surface area contributed by atoms with Crippen LogP contribution in [0.1, 0.15) is 47.0 Å². The summed E-state index contributed by atoms with van der Waals surface area (Å²) in [6, 6.07) is 18.2. The van der Waals surface area contributed by atoms with Crippen LogP contribution in [0.5, 0.6) is 5.75 Å². The standard InChI is InChI=1S/C27H32N2O4S2/c1-21(19-25-7-6-18-34-25)29(20-22-8-12-24(33-2)13-9-22)27(30)23-10-14-26(15-11-23)35(31,32)28-16-4-3-5-17-28/h6-15,18,21H,3-5,16-17,19-20H2,1-2H3/t21-/m0/s1. The van der Waals surface area contributed by atoms with Crippen LogP contribution in [-0.4, -0.2) is 49.8 Å². The van der Waals surface area contributed by atoms with E-state index in [-0.39, 0.29) is 16.8 Å². The molecule has 2 heterocycles. The Kier molecular flexibility index (Phi) is 8.26. The molecule has 2 aromatic carbocycles. The molecule has 0 radical (unpaired) electrons. The quantitative estimate of drug-likeness (QED) is 0.395. The van der Waals surface area contributed by atoms with Crippen LogP contribution in [0.25, 0.3) is 0 Å². The number of amides is 1. The van der Waals surface area contributed by atoms with Crippen LogP contribution >= 0.6 is 11.3 Å². The lowest BCUT2D eigenvalue weighted by atomic mass is 10.1. The molecule has 1 amide bonds. The number of hydrogen-bond donors (Lipinski definition) is 0. The average molecular weight is 513 g/mol. The number of thiophene rings is 1. The Morgan fingerprint density at radius 3 is 2.31 bits per heavy atom. The van der Waals surface area contributed by atoms with Gasteiger partial charge in [0.15, 0.2) is 0 Å². The summed E-state index contributed by atoms with van der Waals surface area (Å²) in [6.07, 6.45) is 3.59. The highest BCUT2D eigenvalue weighted by Crippen LogP contribution is 2.23. The molecule has 35 heavy (non-hydrogen) atoms. The second kappa shape index (κ2) is 11.4. The van der Waals surface area contributed by atoms with Crippen LogP contribution in [0.3, 0.4) is 0 Å². The maximum absolute atomic E-state index is 13.6. The van der Waals surface area contributed by atoms with E-state index in [0.29, 0.717) is 25.2 Å². The summed E-state index contributed by atoms with van der Waals surface area (Å²) < 4.78 is 32.8. The largest absolute Gasteiger partial charge is 0.497 e. The number of hydrogen-bond acceptors (Lipinski definition) is 5. The Morgan fingerprint density at radius 1 is 1.03 bits per heavy atom. The fourth-order valence-corrected chi connectivity index (χ4v) is 6.72. The van der Waals surface area contributed by atoms with E-state index >= 15 is 0 Å². The van der Waals surface area contributed by atoms with E-state index in [2.05, 4.69) is 13.0 Å². The summed E-state index contributed by atoms with van der Waals surface area (Å²) in [5.74, 6) is 0.649. The zero-order valence-electron chi connectivity index (χ0n) is 20.2. The van der Waals surface area contributed by atoms with E-state index in [0.717, 1.165) is 37.0 Å². The van der Waals surface area contributed by atoms with Crippen LogP contribution in [-0.2, 0) is 23.0 Å². The van der Waals surface area contributed by atoms with Crippen molar-refractivity contribution in [1.82, 2.24) is 9.21 Å². The fourth-order valence-electron chi connectivity index (χ4n) is 4.38. The molecule has 0 unspecified atom stereocenters. The molecule has 1 aromatic heterocycles. The minimum atomic E-state index is -3.53. The van der Waals surface area contributed by atoms with Crippen molar-refractivity contribution in [2.75, 3.05) is 20.2 Å². The third-order valence-corrected chi connectivity index (χ3v) is 9.25. The van der Waals surface area contributed by atoms with Crippen molar-refractivity contribution in [3.05, 3.63) is 82.0 Å². The predicted octanol–water partition coefficient (Wildman–Crippen LogP) is 5.20. The van der Waals surface area contributed by atoms with E-state index in [4.69, 9.17) is 4.74 Å². The SMILES string of the molecule is COc1ccc(CN(C(=O)c2ccc(S(=O)(=O)N3CCCCC3)cc2)[C@@H](C)Cc2cccs2)cc1. The van der Waals surface area contributed by atoms with Crippen molar-refractivity contribution in [3.63, 3.8) is 0 Å². The molecule has 1 saturated heterocycles. The monoisotopic (exact) mass is 512 g/mol. The molecule has 4 rings (SSSR count). The van der Waals surface area contributed by atoms with Gasteiger partial charge < -0.3 is 9.64 Å². The number of rotatable bonds is 9. The highest BCUT2D eigenvalue weighted by molar-refractivity contribution is 7.89. The third-order valence-electron chi connectivity index (χ3n) is 6.44. The van der Waals surface area contributed by atoms with Gasteiger partial charge in [0, 0.05) is 42.5 Å². The summed E-state index contributed by atoms with van der Waals surface area (Å²) in [7, 11) is -1.90. The molecule has 1 fully saturated rings. The number of ether oxygens (including phenoxy) is 1. The molecule has 0 aliphatic carbocycles. The molecular formula is C27H32N2O4S2. The number of methoxy groups -OCH3 is 1. The van der Waals surface area contributed by atoms with Crippen molar-refractivity contribution in [3.8, 4) is 5.75 Å². The van der Waals surface area contributed by atoms with Gasteiger partial charge in [0.25, 0.3) is 5.91 Å². The van der Waals surface area contributed by atoms with Gasteiger partial charge in [-0.2, -0.15) is 4.31 Å². The molecule has 0 spiro atoms. The summed E-state index contributed by atoms with van der Waals surface area (Å²) in [6.45, 7) is 3.61. The van der Waals surface area contributed by atoms with E-state index in [1.54, 1.807) is 47.0 Å². The molecule has 1 atom stereocenters. The van der Waals surface area contributed by atoms with Gasteiger partial charge in [-0.05, 0) is 73.2 Å². The van der Waals surface area contributed by atoms with Crippen molar-refractivity contribution in [2.45, 2.75) is 50.1 Å². The lowest BCUT2D eigenvalue weighted by Gasteiger charge is -2.30. The first-order valence-electron chi connectivity index (χ1n) is 11.9. The maximum Gasteiger partial charge on any atom is 0.254 e. The van der Waals surface area contributed by atoms with Crippen molar-refractivity contribution < 1.29 is 17.9 Å². The van der Waals surface area contributed by atoms with Crippen LogP contribution < -0.4 is 4.74 Å². The number of carbonyl (C=O) groups is 1. The van der Waals surface area contributed by atoms with Crippen LogP contribution in [0.15, 0.2) is 70.9 Å². The minimum Gasteiger partial charge on any atom is -0.497 e. The van der Waals surface area contributed by atoms with Gasteiger partial charge in [-0.25, -0.2) is 8.42 Å². The minimum absolute atomic E-state index is 0.0417. The zero-order chi connectivity index (χ0) is 24.8. The van der Waals surface area contributed by atoms with Gasteiger partial charge in [-0.3, -0.25) is 4.79 Å². The highest BCUT2D eigenvalue weighted by Gasteiger charge is 2.27. The van der Waals surface area contributed by atoms with Gasteiger partial charge in [0.1, 0.15) is 5.75 Å². The fraction of sp³-hybridized carbons (Fsp3) is 0.370. The number of sulfonamides is 1. The second-order valence-corrected chi connectivity index (χ2v) is 11.9. The Balaban J connectivity index is 1.56. The first kappa shape index (κ1) is 25.4. The van der Waals surface area contributed by atoms with Gasteiger partial charge in [-0.1, -0.05) is 24.6 Å². The summed E-state index contributed by atoms with van der Waals surface area (Å²) in [4.78, 5) is 17.0. The van der Waals surface area contributed by atoms with Crippen LogP contribution in [0, 0.1) is 0 Å². The molecule has 186 valence electrons. The van der Waals surface area contributed by atoms with Crippen molar-refractivity contribution in [1.29, 1.82) is 0 Å². The number of benzene rings is 2. The predicted molar refractivity (Wildman–Crippen MR) is 139 cm³/mol. The Hall–Kier alpha value is -2.68. The normalized spacial score (nSPS) is 15.5. The Morgan fingerprint density at radius 2 is 1.71 bits per heavy atom. The summed E-state index contributed by atoms with van der Waals surface area (Å²) in [5, 5.41) is 2.04. The van der Waals surface area contributed by atoms with E-state index in [9.17, 15) is 13.2 Å². The topological polar surface area (TPSA) is 66.9 Å². The molecule has 0 N–H and O–H groups in total. The molecule has 0 saturated carbocycles. The first-order chi connectivity index (χ1) is 16.9. The number of piperidine rings is 1. The molecule has 8 heteroatoms. The number of nitrogens with zero attached hydrogens (tertiary/aromatic N) is 2. The van der Waals surface area contributed by atoms with Crippen molar-refractivity contribution >= 4 is 27.3 Å². The van der Waals surface area contributed by atoms with E-state index in [1.807, 2.05) is 40.6 Å². The lowest BCUT2D eigenvalue weighted by Crippen LogP contribution is -2.39. The van der Waals surface area contributed by atoms with Gasteiger partial charge in [-0.15, -0.1) is 11.3 Å². The summed E-state index contributed by atoms with van der Waals surface area (Å²) in [5.41, 5.74) is 1.48. The smallest absolute Gasteiger partial charge is 0.254 e. The van der Waals surface area contributed by atoms with Gasteiger partial charge in [0.05, 0.1) is 12.0 Å². The molecule has 1 aliphatic rings. The van der Waals surface area contributed by atoms with Crippen molar-refractivity contribution in [2.24, 2.45) is 0 Å². The average Bonchev–Trinajstić information content (AvgIpc) is 3.41. The molecule has 0 bridgehead atoms. The van der Waals surface area contributed by atoms with Gasteiger partial charge >= 0.3 is 0 Å². The number of carbonyl (C=O) groups excluding carboxylic acids is 1. The van der Waals surface area contributed by atoms with E-state index < -0.39 is 10.0 Å². The van der Waals surface area contributed by atoms with Crippen LogP contribution in [0.4, 0.5) is 0 Å². The van der Waals surface area contributed by atoms with E-state index in [1.165, 1.54) is 4.88 Å². The molecule has 1 aliphatic heterocycles. The Bertz CT molecular complexity index is 1200. The lowest BCUT2D eigenvalue weighted by molar-refractivity contribution is 0.0676. The second-order valence-electron chi connectivity index (χ2n) is 8.90. The molecule has 6 nitrogen and oxygen atoms in total.